The first kappa shape index (κ1) is 11.8. The molecular formula is C10H18N6O2. The van der Waals surface area contributed by atoms with Crippen LogP contribution in [0.4, 0.5) is 4.79 Å². The minimum Gasteiger partial charge on any atom is -0.310 e. The van der Waals surface area contributed by atoms with Gasteiger partial charge < -0.3 is 4.90 Å². The van der Waals surface area contributed by atoms with E-state index in [1.165, 1.54) is 4.90 Å². The standard InChI is InChI=1S/C10H18N6O2/c1-5-3-15-6-7(12-9(15)16(11)4-5)14(2)10(18)13-8(6)17/h5-7,9,12H,3-4,11H2,1-2H3,(H,13,17,18). The second-order valence-corrected chi connectivity index (χ2v) is 5.33. The van der Waals surface area contributed by atoms with Crippen LogP contribution < -0.4 is 16.5 Å². The summed E-state index contributed by atoms with van der Waals surface area (Å²) in [5, 5.41) is 7.31. The van der Waals surface area contributed by atoms with Crippen LogP contribution >= 0.6 is 0 Å². The number of carbonyl (C=O) groups is 2. The van der Waals surface area contributed by atoms with Gasteiger partial charge in [-0.2, -0.15) is 0 Å². The maximum atomic E-state index is 12.0. The van der Waals surface area contributed by atoms with Gasteiger partial charge in [0.1, 0.15) is 18.5 Å². The molecule has 0 bridgehead atoms. The van der Waals surface area contributed by atoms with Crippen LogP contribution in [-0.2, 0) is 4.79 Å². The Kier molecular flexibility index (Phi) is 2.56. The second kappa shape index (κ2) is 3.89. The number of amides is 3. The molecule has 4 N–H and O–H groups in total. The molecule has 0 spiro atoms. The van der Waals surface area contributed by atoms with Gasteiger partial charge in [0.25, 0.3) is 0 Å². The Morgan fingerprint density at radius 3 is 2.78 bits per heavy atom. The average Bonchev–Trinajstić information content (AvgIpc) is 2.66. The Morgan fingerprint density at radius 1 is 1.33 bits per heavy atom. The number of carbonyl (C=O) groups excluding carboxylic acids is 2. The molecule has 0 aromatic carbocycles. The smallest absolute Gasteiger partial charge is 0.310 e. The summed E-state index contributed by atoms with van der Waals surface area (Å²) in [6, 6.07) is -0.739. The molecule has 0 aromatic rings. The monoisotopic (exact) mass is 254 g/mol. The van der Waals surface area contributed by atoms with E-state index in [9.17, 15) is 9.59 Å². The predicted octanol–water partition coefficient (Wildman–Crippen LogP) is -2.12. The summed E-state index contributed by atoms with van der Waals surface area (Å²) in [7, 11) is 1.68. The number of hydrogen-bond donors (Lipinski definition) is 3. The predicted molar refractivity (Wildman–Crippen MR) is 62.6 cm³/mol. The number of imide groups is 1. The number of rotatable bonds is 0. The number of urea groups is 1. The minimum atomic E-state index is -0.370. The molecule has 3 heterocycles. The number of nitrogens with two attached hydrogens (primary N) is 1. The molecule has 8 heteroatoms. The fraction of sp³-hybridized carbons (Fsp3) is 0.800. The van der Waals surface area contributed by atoms with Crippen LogP contribution in [0, 0.1) is 5.92 Å². The maximum absolute atomic E-state index is 12.0. The average molecular weight is 254 g/mol. The van der Waals surface area contributed by atoms with Crippen LogP contribution in [0.3, 0.4) is 0 Å². The van der Waals surface area contributed by atoms with Gasteiger partial charge in [-0.15, -0.1) is 0 Å². The zero-order valence-corrected chi connectivity index (χ0v) is 10.5. The van der Waals surface area contributed by atoms with Crippen molar-refractivity contribution in [1.29, 1.82) is 0 Å². The van der Waals surface area contributed by atoms with E-state index in [-0.39, 0.29) is 30.4 Å². The highest BCUT2D eigenvalue weighted by molar-refractivity contribution is 6.00. The number of nitrogens with zero attached hydrogens (tertiary/aromatic N) is 3. The van der Waals surface area contributed by atoms with Crippen LogP contribution in [0.1, 0.15) is 6.92 Å². The van der Waals surface area contributed by atoms with E-state index in [2.05, 4.69) is 17.6 Å². The molecular weight excluding hydrogens is 236 g/mol. The van der Waals surface area contributed by atoms with Gasteiger partial charge in [-0.05, 0) is 5.92 Å². The molecule has 3 fully saturated rings. The summed E-state index contributed by atoms with van der Waals surface area (Å²) in [6.07, 6.45) is -0.497. The van der Waals surface area contributed by atoms with Gasteiger partial charge in [0.05, 0.1) is 0 Å². The molecule has 3 amide bonds. The number of hydrazine groups is 1. The third-order valence-electron chi connectivity index (χ3n) is 3.89. The molecule has 0 radical (unpaired) electrons. The molecule has 0 saturated carbocycles. The lowest BCUT2D eigenvalue weighted by Gasteiger charge is -2.41. The highest BCUT2D eigenvalue weighted by Gasteiger charge is 2.53. The number of hydrogen-bond acceptors (Lipinski definition) is 6. The van der Waals surface area contributed by atoms with Gasteiger partial charge in [-0.25, -0.2) is 9.80 Å². The number of likely N-dealkylation sites (N-methyl/N-ethyl adjacent to an activating group) is 1. The molecule has 8 nitrogen and oxygen atoms in total. The Morgan fingerprint density at radius 2 is 2.06 bits per heavy atom. The van der Waals surface area contributed by atoms with Crippen molar-refractivity contribution in [3.63, 3.8) is 0 Å². The van der Waals surface area contributed by atoms with Crippen molar-refractivity contribution in [3.8, 4) is 0 Å². The number of fused-ring (bicyclic) bond motifs is 3. The normalized spacial score (nSPS) is 41.6. The van der Waals surface area contributed by atoms with Crippen molar-refractivity contribution in [1.82, 2.24) is 25.4 Å². The second-order valence-electron chi connectivity index (χ2n) is 5.33. The quantitative estimate of drug-likeness (QED) is 0.428. The van der Waals surface area contributed by atoms with E-state index in [4.69, 9.17) is 5.84 Å². The van der Waals surface area contributed by atoms with Gasteiger partial charge in [0.15, 0.2) is 0 Å². The van der Waals surface area contributed by atoms with Crippen LogP contribution in [0.15, 0.2) is 0 Å². The Bertz CT molecular complexity index is 402. The fourth-order valence-corrected chi connectivity index (χ4v) is 3.06. The first-order chi connectivity index (χ1) is 8.49. The summed E-state index contributed by atoms with van der Waals surface area (Å²) >= 11 is 0. The molecule has 3 saturated heterocycles. The summed E-state index contributed by atoms with van der Waals surface area (Å²) < 4.78 is 0. The zero-order chi connectivity index (χ0) is 13.0. The molecule has 3 rings (SSSR count). The van der Waals surface area contributed by atoms with Crippen molar-refractivity contribution in [2.45, 2.75) is 25.4 Å². The van der Waals surface area contributed by atoms with Crippen LogP contribution in [0.2, 0.25) is 0 Å². The number of nitrogens with one attached hydrogen (secondary N) is 2. The van der Waals surface area contributed by atoms with E-state index in [1.54, 1.807) is 12.1 Å². The van der Waals surface area contributed by atoms with Crippen molar-refractivity contribution >= 4 is 11.9 Å². The topological polar surface area (TPSA) is 93.9 Å². The molecule has 0 aliphatic carbocycles. The molecule has 3 aliphatic heterocycles. The SMILES string of the molecule is CC1CN(N)C2NC3C(C(=O)NC(=O)N3C)N2C1. The summed E-state index contributed by atoms with van der Waals surface area (Å²) in [4.78, 5) is 27.1. The molecule has 3 aliphatic rings. The first-order valence-corrected chi connectivity index (χ1v) is 6.10. The van der Waals surface area contributed by atoms with Crippen LogP contribution in [0.25, 0.3) is 0 Å². The van der Waals surface area contributed by atoms with Crippen LogP contribution in [-0.4, -0.2) is 65.4 Å². The van der Waals surface area contributed by atoms with E-state index in [1.807, 2.05) is 4.90 Å². The van der Waals surface area contributed by atoms with E-state index >= 15 is 0 Å². The lowest BCUT2D eigenvalue weighted by molar-refractivity contribution is -0.130. The van der Waals surface area contributed by atoms with Crippen molar-refractivity contribution in [2.75, 3.05) is 20.1 Å². The van der Waals surface area contributed by atoms with E-state index in [0.29, 0.717) is 5.92 Å². The third kappa shape index (κ3) is 1.53. The van der Waals surface area contributed by atoms with Gasteiger partial charge in [-0.3, -0.25) is 26.2 Å². The van der Waals surface area contributed by atoms with Gasteiger partial charge in [-0.1, -0.05) is 6.92 Å². The molecule has 100 valence electrons. The summed E-state index contributed by atoms with van der Waals surface area (Å²) in [5.74, 6) is 6.13. The van der Waals surface area contributed by atoms with Crippen molar-refractivity contribution < 1.29 is 9.59 Å². The van der Waals surface area contributed by atoms with Crippen LogP contribution in [0.5, 0.6) is 0 Å². The maximum Gasteiger partial charge on any atom is 0.325 e. The van der Waals surface area contributed by atoms with Crippen molar-refractivity contribution in [3.05, 3.63) is 0 Å². The molecule has 4 atom stereocenters. The van der Waals surface area contributed by atoms with Gasteiger partial charge >= 0.3 is 6.03 Å². The largest absolute Gasteiger partial charge is 0.325 e. The zero-order valence-electron chi connectivity index (χ0n) is 10.5. The van der Waals surface area contributed by atoms with Gasteiger partial charge in [0, 0.05) is 20.1 Å². The Labute approximate surface area is 105 Å². The highest BCUT2D eigenvalue weighted by Crippen LogP contribution is 2.27. The van der Waals surface area contributed by atoms with E-state index in [0.717, 1.165) is 13.1 Å². The highest BCUT2D eigenvalue weighted by atomic mass is 16.2. The molecule has 0 aromatic heterocycles. The summed E-state index contributed by atoms with van der Waals surface area (Å²) in [6.45, 7) is 3.66. The lowest BCUT2D eigenvalue weighted by atomic mass is 10.1. The third-order valence-corrected chi connectivity index (χ3v) is 3.89. The summed E-state index contributed by atoms with van der Waals surface area (Å²) in [5.41, 5.74) is 0. The lowest BCUT2D eigenvalue weighted by Crippen LogP contribution is -2.65. The Hall–Kier alpha value is -1.22. The molecule has 4 unspecified atom stereocenters. The first-order valence-electron chi connectivity index (χ1n) is 6.10. The molecule has 18 heavy (non-hydrogen) atoms. The fourth-order valence-electron chi connectivity index (χ4n) is 3.06. The minimum absolute atomic E-state index is 0.185. The Balaban J connectivity index is 1.91. The van der Waals surface area contributed by atoms with Crippen molar-refractivity contribution in [2.24, 2.45) is 11.8 Å². The van der Waals surface area contributed by atoms with Gasteiger partial charge in [0.2, 0.25) is 5.91 Å². The van der Waals surface area contributed by atoms with E-state index < -0.39 is 0 Å².